The Bertz CT molecular complexity index is 532. The fraction of sp³-hybridized carbons (Fsp3) is 0.250. The summed E-state index contributed by atoms with van der Waals surface area (Å²) >= 11 is 1.68. The van der Waals surface area contributed by atoms with Gasteiger partial charge in [0.25, 0.3) is 5.56 Å². The second-order valence-corrected chi connectivity index (χ2v) is 4.70. The van der Waals surface area contributed by atoms with E-state index in [9.17, 15) is 4.79 Å². The van der Waals surface area contributed by atoms with Crippen LogP contribution in [0.2, 0.25) is 0 Å². The Balaban J connectivity index is 2.67. The summed E-state index contributed by atoms with van der Waals surface area (Å²) in [4.78, 5) is 14.7. The molecule has 1 aromatic heterocycles. The number of rotatable bonds is 2. The van der Waals surface area contributed by atoms with E-state index in [1.54, 1.807) is 11.8 Å². The summed E-state index contributed by atoms with van der Waals surface area (Å²) in [5.41, 5.74) is 1.77. The first-order valence-corrected chi connectivity index (χ1v) is 6.16. The highest BCUT2D eigenvalue weighted by Crippen LogP contribution is 2.24. The number of para-hydroxylation sites is 1. The molecule has 0 radical (unpaired) electrons. The van der Waals surface area contributed by atoms with Gasteiger partial charge in [0.05, 0.1) is 0 Å². The van der Waals surface area contributed by atoms with Gasteiger partial charge in [-0.2, -0.15) is 11.8 Å². The highest BCUT2D eigenvalue weighted by atomic mass is 32.2. The second-order valence-electron chi connectivity index (χ2n) is 3.52. The largest absolute Gasteiger partial charge is 0.322 e. The molecule has 0 saturated carbocycles. The lowest BCUT2D eigenvalue weighted by Crippen LogP contribution is -2.13. The molecule has 0 aliphatic heterocycles. The number of hydrogen-bond acceptors (Lipinski definition) is 2. The van der Waals surface area contributed by atoms with E-state index in [1.165, 1.54) is 0 Å². The summed E-state index contributed by atoms with van der Waals surface area (Å²) in [6, 6.07) is 9.82. The molecule has 78 valence electrons. The maximum atomic E-state index is 11.8. The zero-order chi connectivity index (χ0) is 10.8. The molecule has 0 aliphatic carbocycles. The number of fused-ring (bicyclic) bond motifs is 1. The number of hydrogen-bond donors (Lipinski definition) is 1. The minimum atomic E-state index is 0.0237. The van der Waals surface area contributed by atoms with Crippen molar-refractivity contribution in [1.29, 1.82) is 0 Å². The molecule has 0 fully saturated rings. The van der Waals surface area contributed by atoms with E-state index in [1.807, 2.05) is 43.5 Å². The molecule has 15 heavy (non-hydrogen) atoms. The monoisotopic (exact) mass is 219 g/mol. The lowest BCUT2D eigenvalue weighted by Gasteiger charge is -2.08. The van der Waals surface area contributed by atoms with E-state index in [0.717, 1.165) is 16.5 Å². The van der Waals surface area contributed by atoms with Crippen LogP contribution in [0.4, 0.5) is 0 Å². The Hall–Kier alpha value is -1.22. The van der Waals surface area contributed by atoms with Gasteiger partial charge in [-0.05, 0) is 30.7 Å². The topological polar surface area (TPSA) is 32.9 Å². The van der Waals surface area contributed by atoms with E-state index in [2.05, 4.69) is 4.98 Å². The number of pyridine rings is 1. The van der Waals surface area contributed by atoms with Gasteiger partial charge in [0.2, 0.25) is 0 Å². The first kappa shape index (κ1) is 10.3. The van der Waals surface area contributed by atoms with Crippen LogP contribution in [0, 0.1) is 0 Å². The molecule has 2 rings (SSSR count). The number of aromatic amines is 1. The van der Waals surface area contributed by atoms with Crippen LogP contribution < -0.4 is 5.56 Å². The van der Waals surface area contributed by atoms with Crippen LogP contribution in [0.3, 0.4) is 0 Å². The zero-order valence-corrected chi connectivity index (χ0v) is 9.60. The van der Waals surface area contributed by atoms with Crippen molar-refractivity contribution in [3.05, 3.63) is 46.2 Å². The molecular formula is C12H13NOS. The Morgan fingerprint density at radius 2 is 2.07 bits per heavy atom. The van der Waals surface area contributed by atoms with Gasteiger partial charge in [-0.25, -0.2) is 0 Å². The maximum absolute atomic E-state index is 11.8. The SMILES string of the molecule is CSC(C)c1cc2ccccc2[nH]c1=O. The van der Waals surface area contributed by atoms with E-state index in [-0.39, 0.29) is 10.8 Å². The van der Waals surface area contributed by atoms with Crippen LogP contribution >= 0.6 is 11.8 Å². The van der Waals surface area contributed by atoms with Crippen LogP contribution in [0.15, 0.2) is 35.1 Å². The van der Waals surface area contributed by atoms with Crippen molar-refractivity contribution in [2.45, 2.75) is 12.2 Å². The first-order chi connectivity index (χ1) is 7.22. The summed E-state index contributed by atoms with van der Waals surface area (Å²) < 4.78 is 0. The Kier molecular flexibility index (Phi) is 2.82. The summed E-state index contributed by atoms with van der Waals surface area (Å²) in [5, 5.41) is 1.33. The second kappa shape index (κ2) is 4.11. The third kappa shape index (κ3) is 1.92. The maximum Gasteiger partial charge on any atom is 0.252 e. The molecule has 1 heterocycles. The summed E-state index contributed by atoms with van der Waals surface area (Å²) in [6.45, 7) is 2.05. The average Bonchev–Trinajstić information content (AvgIpc) is 2.27. The predicted octanol–water partition coefficient (Wildman–Crippen LogP) is 2.95. The molecule has 1 aromatic carbocycles. The number of H-pyrrole nitrogens is 1. The Morgan fingerprint density at radius 3 is 2.80 bits per heavy atom. The van der Waals surface area contributed by atoms with Crippen LogP contribution in [-0.4, -0.2) is 11.2 Å². The van der Waals surface area contributed by atoms with Crippen molar-refractivity contribution in [2.75, 3.05) is 6.26 Å². The molecule has 1 unspecified atom stereocenters. The zero-order valence-electron chi connectivity index (χ0n) is 8.78. The summed E-state index contributed by atoms with van der Waals surface area (Å²) in [5.74, 6) is 0. The van der Waals surface area contributed by atoms with Crippen LogP contribution in [0.5, 0.6) is 0 Å². The molecular weight excluding hydrogens is 206 g/mol. The highest BCUT2D eigenvalue weighted by molar-refractivity contribution is 7.98. The third-order valence-electron chi connectivity index (χ3n) is 2.57. The van der Waals surface area contributed by atoms with Gasteiger partial charge in [-0.3, -0.25) is 4.79 Å². The normalized spacial score (nSPS) is 12.9. The number of benzene rings is 1. The van der Waals surface area contributed by atoms with Crippen molar-refractivity contribution < 1.29 is 0 Å². The molecule has 2 aromatic rings. The minimum Gasteiger partial charge on any atom is -0.322 e. The molecule has 0 amide bonds. The van der Waals surface area contributed by atoms with E-state index < -0.39 is 0 Å². The molecule has 3 heteroatoms. The molecule has 0 saturated heterocycles. The molecule has 0 bridgehead atoms. The van der Waals surface area contributed by atoms with Gasteiger partial charge >= 0.3 is 0 Å². The van der Waals surface area contributed by atoms with E-state index in [0.29, 0.717) is 0 Å². The number of thioether (sulfide) groups is 1. The standard InChI is InChI=1S/C12H13NOS/c1-8(15-2)10-7-9-5-3-4-6-11(9)13-12(10)14/h3-8H,1-2H3,(H,13,14). The summed E-state index contributed by atoms with van der Waals surface area (Å²) in [7, 11) is 0. The van der Waals surface area contributed by atoms with Gasteiger partial charge in [-0.1, -0.05) is 18.2 Å². The lowest BCUT2D eigenvalue weighted by molar-refractivity contribution is 1.05. The van der Waals surface area contributed by atoms with Crippen LogP contribution in [0.1, 0.15) is 17.7 Å². The van der Waals surface area contributed by atoms with Crippen molar-refractivity contribution in [3.63, 3.8) is 0 Å². The van der Waals surface area contributed by atoms with Gasteiger partial charge < -0.3 is 4.98 Å². The fourth-order valence-electron chi connectivity index (χ4n) is 1.59. The molecule has 0 aliphatic rings. The summed E-state index contributed by atoms with van der Waals surface area (Å²) in [6.07, 6.45) is 2.01. The van der Waals surface area contributed by atoms with Crippen molar-refractivity contribution in [3.8, 4) is 0 Å². The Labute approximate surface area is 92.7 Å². The predicted molar refractivity (Wildman–Crippen MR) is 66.5 cm³/mol. The molecule has 2 nitrogen and oxygen atoms in total. The fourth-order valence-corrected chi connectivity index (χ4v) is 2.02. The molecule has 0 spiro atoms. The quantitative estimate of drug-likeness (QED) is 0.842. The third-order valence-corrected chi connectivity index (χ3v) is 3.53. The van der Waals surface area contributed by atoms with Crippen molar-refractivity contribution in [1.82, 2.24) is 4.98 Å². The number of aromatic nitrogens is 1. The lowest BCUT2D eigenvalue weighted by atomic mass is 10.1. The van der Waals surface area contributed by atoms with Gasteiger partial charge in [0.15, 0.2) is 0 Å². The minimum absolute atomic E-state index is 0.0237. The van der Waals surface area contributed by atoms with Crippen LogP contribution in [-0.2, 0) is 0 Å². The molecule has 1 atom stereocenters. The smallest absolute Gasteiger partial charge is 0.252 e. The molecule has 1 N–H and O–H groups in total. The van der Waals surface area contributed by atoms with Gasteiger partial charge in [0, 0.05) is 16.3 Å². The van der Waals surface area contributed by atoms with Crippen LogP contribution in [0.25, 0.3) is 10.9 Å². The Morgan fingerprint density at radius 1 is 1.33 bits per heavy atom. The van der Waals surface area contributed by atoms with E-state index >= 15 is 0 Å². The van der Waals surface area contributed by atoms with E-state index in [4.69, 9.17) is 0 Å². The first-order valence-electron chi connectivity index (χ1n) is 4.87. The van der Waals surface area contributed by atoms with Crippen molar-refractivity contribution in [2.24, 2.45) is 0 Å². The van der Waals surface area contributed by atoms with Crippen molar-refractivity contribution >= 4 is 22.7 Å². The highest BCUT2D eigenvalue weighted by Gasteiger charge is 2.09. The van der Waals surface area contributed by atoms with Gasteiger partial charge in [-0.15, -0.1) is 0 Å². The van der Waals surface area contributed by atoms with Gasteiger partial charge in [0.1, 0.15) is 0 Å². The number of nitrogens with one attached hydrogen (secondary N) is 1. The average molecular weight is 219 g/mol.